The normalized spacial score (nSPS) is 11.7. The van der Waals surface area contributed by atoms with Gasteiger partial charge in [0.05, 0.1) is 6.42 Å². The monoisotopic (exact) mass is 285 g/mol. The number of aryl methyl sites for hydroxylation is 1. The van der Waals surface area contributed by atoms with Crippen molar-refractivity contribution in [3.05, 3.63) is 34.3 Å². The minimum absolute atomic E-state index is 0.182. The average molecular weight is 286 g/mol. The summed E-state index contributed by atoms with van der Waals surface area (Å²) in [6, 6.07) is 3.07. The summed E-state index contributed by atoms with van der Waals surface area (Å²) in [5.74, 6) is -3.40. The van der Waals surface area contributed by atoms with Crippen LogP contribution in [0.1, 0.15) is 22.3 Å². The van der Waals surface area contributed by atoms with Gasteiger partial charge >= 0.3 is 11.9 Å². The maximum Gasteiger partial charge on any atom is 0.326 e. The topological polar surface area (TPSA) is 104 Å². The van der Waals surface area contributed by atoms with Gasteiger partial charge in [-0.25, -0.2) is 4.79 Å². The van der Waals surface area contributed by atoms with E-state index in [-0.39, 0.29) is 5.56 Å². The molecule has 3 N–H and O–H groups in total. The van der Waals surface area contributed by atoms with Crippen molar-refractivity contribution in [2.24, 2.45) is 0 Å². The highest BCUT2D eigenvalue weighted by Crippen LogP contribution is 2.14. The Hall–Kier alpha value is -2.08. The van der Waals surface area contributed by atoms with Crippen LogP contribution in [0.15, 0.2) is 18.2 Å². The van der Waals surface area contributed by atoms with Crippen LogP contribution in [0.2, 0.25) is 5.02 Å². The van der Waals surface area contributed by atoms with Crippen LogP contribution in [-0.2, 0) is 9.59 Å². The van der Waals surface area contributed by atoms with Crippen molar-refractivity contribution in [2.45, 2.75) is 19.4 Å². The quantitative estimate of drug-likeness (QED) is 0.756. The van der Waals surface area contributed by atoms with Crippen molar-refractivity contribution in [2.75, 3.05) is 0 Å². The minimum atomic E-state index is -1.48. The number of carboxylic acids is 2. The van der Waals surface area contributed by atoms with Crippen molar-refractivity contribution in [3.8, 4) is 0 Å². The molecule has 6 nitrogen and oxygen atoms in total. The Morgan fingerprint density at radius 1 is 1.26 bits per heavy atom. The maximum atomic E-state index is 11.8. The number of hydrogen-bond donors (Lipinski definition) is 3. The zero-order valence-electron chi connectivity index (χ0n) is 10.0. The summed E-state index contributed by atoms with van der Waals surface area (Å²) in [6.07, 6.45) is -0.694. The highest BCUT2D eigenvalue weighted by molar-refractivity contribution is 6.31. The Morgan fingerprint density at radius 3 is 2.37 bits per heavy atom. The molecule has 1 atom stereocenters. The van der Waals surface area contributed by atoms with E-state index < -0.39 is 30.3 Å². The third-order valence-corrected chi connectivity index (χ3v) is 2.50. The molecule has 7 heteroatoms. The number of nitrogens with one attached hydrogen (secondary N) is 1. The molecule has 0 heterocycles. The van der Waals surface area contributed by atoms with Crippen LogP contribution in [0.25, 0.3) is 0 Å². The highest BCUT2D eigenvalue weighted by Gasteiger charge is 2.23. The SMILES string of the molecule is Cc1cc(Cl)cc(C(=O)N[C@@H](CC(=O)O)C(=O)O)c1. The van der Waals surface area contributed by atoms with Crippen molar-refractivity contribution >= 4 is 29.4 Å². The highest BCUT2D eigenvalue weighted by atomic mass is 35.5. The smallest absolute Gasteiger partial charge is 0.326 e. The van der Waals surface area contributed by atoms with Gasteiger partial charge < -0.3 is 15.5 Å². The first-order valence-electron chi connectivity index (χ1n) is 5.32. The fourth-order valence-corrected chi connectivity index (χ4v) is 1.77. The first-order chi connectivity index (χ1) is 8.79. The third-order valence-electron chi connectivity index (χ3n) is 2.29. The molecule has 0 radical (unpaired) electrons. The van der Waals surface area contributed by atoms with Crippen LogP contribution in [0.4, 0.5) is 0 Å². The Bertz CT molecular complexity index is 509. The molecular weight excluding hydrogens is 274 g/mol. The number of carbonyl (C=O) groups excluding carboxylic acids is 1. The van der Waals surface area contributed by atoms with Gasteiger partial charge in [-0.15, -0.1) is 0 Å². The molecule has 0 fully saturated rings. The van der Waals surface area contributed by atoms with Gasteiger partial charge in [0.15, 0.2) is 0 Å². The molecule has 1 amide bonds. The van der Waals surface area contributed by atoms with Crippen molar-refractivity contribution < 1.29 is 24.6 Å². The van der Waals surface area contributed by atoms with Crippen LogP contribution in [-0.4, -0.2) is 34.1 Å². The number of aliphatic carboxylic acids is 2. The van der Waals surface area contributed by atoms with Crippen LogP contribution in [0.5, 0.6) is 0 Å². The lowest BCUT2D eigenvalue weighted by Gasteiger charge is -2.12. The van der Waals surface area contributed by atoms with Gasteiger partial charge in [-0.1, -0.05) is 11.6 Å². The molecule has 0 aliphatic rings. The Kier molecular flexibility index (Phi) is 4.88. The minimum Gasteiger partial charge on any atom is -0.481 e. The van der Waals surface area contributed by atoms with Gasteiger partial charge in [0.25, 0.3) is 5.91 Å². The van der Waals surface area contributed by atoms with E-state index in [0.29, 0.717) is 5.02 Å². The molecule has 0 aliphatic heterocycles. The lowest BCUT2D eigenvalue weighted by molar-refractivity contribution is -0.145. The summed E-state index contributed by atoms with van der Waals surface area (Å²) in [7, 11) is 0. The molecule has 1 rings (SSSR count). The third kappa shape index (κ3) is 4.59. The van der Waals surface area contributed by atoms with E-state index in [1.165, 1.54) is 12.1 Å². The van der Waals surface area contributed by atoms with Crippen LogP contribution < -0.4 is 5.32 Å². The summed E-state index contributed by atoms with van der Waals surface area (Å²) in [6.45, 7) is 1.73. The van der Waals surface area contributed by atoms with E-state index in [1.807, 2.05) is 0 Å². The van der Waals surface area contributed by atoms with Crippen molar-refractivity contribution in [1.82, 2.24) is 5.32 Å². The van der Waals surface area contributed by atoms with Crippen molar-refractivity contribution in [3.63, 3.8) is 0 Å². The summed E-state index contributed by atoms with van der Waals surface area (Å²) < 4.78 is 0. The summed E-state index contributed by atoms with van der Waals surface area (Å²) in [4.78, 5) is 33.2. The molecule has 0 saturated heterocycles. The molecule has 0 spiro atoms. The number of halogens is 1. The second-order valence-corrected chi connectivity index (χ2v) is 4.42. The molecule has 0 aliphatic carbocycles. The number of rotatable bonds is 5. The van der Waals surface area contributed by atoms with E-state index in [1.54, 1.807) is 13.0 Å². The largest absolute Gasteiger partial charge is 0.481 e. The number of amides is 1. The van der Waals surface area contributed by atoms with E-state index in [9.17, 15) is 14.4 Å². The van der Waals surface area contributed by atoms with Crippen LogP contribution in [0, 0.1) is 6.92 Å². The second kappa shape index (κ2) is 6.19. The molecule has 102 valence electrons. The van der Waals surface area contributed by atoms with Gasteiger partial charge in [0.2, 0.25) is 0 Å². The summed E-state index contributed by atoms with van der Waals surface area (Å²) in [5.41, 5.74) is 0.921. The molecule has 0 bridgehead atoms. The molecule has 1 aromatic rings. The lowest BCUT2D eigenvalue weighted by Crippen LogP contribution is -2.42. The van der Waals surface area contributed by atoms with E-state index >= 15 is 0 Å². The van der Waals surface area contributed by atoms with Gasteiger partial charge in [-0.05, 0) is 30.7 Å². The van der Waals surface area contributed by atoms with Gasteiger partial charge in [0.1, 0.15) is 6.04 Å². The average Bonchev–Trinajstić information content (AvgIpc) is 2.25. The number of carboxylic acid groups (broad SMARTS) is 2. The predicted molar refractivity (Wildman–Crippen MR) is 67.3 cm³/mol. The summed E-state index contributed by atoms with van der Waals surface area (Å²) in [5, 5.41) is 19.9. The molecule has 19 heavy (non-hydrogen) atoms. The van der Waals surface area contributed by atoms with Crippen molar-refractivity contribution in [1.29, 1.82) is 0 Å². The van der Waals surface area contributed by atoms with E-state index in [0.717, 1.165) is 5.56 Å². The van der Waals surface area contributed by atoms with Gasteiger partial charge in [-0.3, -0.25) is 9.59 Å². The van der Waals surface area contributed by atoms with Gasteiger partial charge in [0, 0.05) is 10.6 Å². The molecule has 0 saturated carbocycles. The maximum absolute atomic E-state index is 11.8. The molecular formula is C12H12ClNO5. The first kappa shape index (κ1) is 15.0. The Balaban J connectivity index is 2.87. The number of benzene rings is 1. The fraction of sp³-hybridized carbons (Fsp3) is 0.250. The second-order valence-electron chi connectivity index (χ2n) is 3.98. The summed E-state index contributed by atoms with van der Waals surface area (Å²) >= 11 is 5.79. The standard InChI is InChI=1S/C12H12ClNO5/c1-6-2-7(4-8(13)3-6)11(17)14-9(12(18)19)5-10(15)16/h2-4,9H,5H2,1H3,(H,14,17)(H,15,16)(H,18,19)/t9-/m0/s1. The fourth-order valence-electron chi connectivity index (χ4n) is 1.48. The zero-order valence-corrected chi connectivity index (χ0v) is 10.8. The van der Waals surface area contributed by atoms with Gasteiger partial charge in [-0.2, -0.15) is 0 Å². The Morgan fingerprint density at radius 2 is 1.89 bits per heavy atom. The van der Waals surface area contributed by atoms with E-state index in [2.05, 4.69) is 5.32 Å². The Labute approximate surface area is 114 Å². The van der Waals surface area contributed by atoms with Crippen LogP contribution in [0.3, 0.4) is 0 Å². The first-order valence-corrected chi connectivity index (χ1v) is 5.70. The molecule has 1 aromatic carbocycles. The van der Waals surface area contributed by atoms with Crippen LogP contribution >= 0.6 is 11.6 Å². The molecule has 0 aromatic heterocycles. The molecule has 0 unspecified atom stereocenters. The lowest BCUT2D eigenvalue weighted by atomic mass is 10.1. The zero-order chi connectivity index (χ0) is 14.6. The number of carbonyl (C=O) groups is 3. The predicted octanol–water partition coefficient (Wildman–Crippen LogP) is 1.31. The number of hydrogen-bond acceptors (Lipinski definition) is 3. The van der Waals surface area contributed by atoms with E-state index in [4.69, 9.17) is 21.8 Å².